The summed E-state index contributed by atoms with van der Waals surface area (Å²) in [5.74, 6) is 1.24. The fourth-order valence-electron chi connectivity index (χ4n) is 4.26. The summed E-state index contributed by atoms with van der Waals surface area (Å²) in [6.45, 7) is 2.02. The second kappa shape index (κ2) is 6.71. The van der Waals surface area contributed by atoms with Crippen LogP contribution in [0.1, 0.15) is 5.56 Å². The summed E-state index contributed by atoms with van der Waals surface area (Å²) in [5, 5.41) is 4.42. The maximum Gasteiger partial charge on any atom is 0.224 e. The number of fused-ring (bicyclic) bond motifs is 2. The van der Waals surface area contributed by atoms with Crippen molar-refractivity contribution in [3.8, 4) is 0 Å². The largest absolute Gasteiger partial charge is 0.355 e. The summed E-state index contributed by atoms with van der Waals surface area (Å²) >= 11 is 5.89. The molecule has 0 spiro atoms. The van der Waals surface area contributed by atoms with Crippen molar-refractivity contribution in [1.29, 1.82) is 0 Å². The summed E-state index contributed by atoms with van der Waals surface area (Å²) in [6.07, 6.45) is 1.51. The van der Waals surface area contributed by atoms with Gasteiger partial charge in [0.1, 0.15) is 18.0 Å². The maximum absolute atomic E-state index is 13.7. The van der Waals surface area contributed by atoms with E-state index in [1.54, 1.807) is 6.07 Å². The Bertz CT molecular complexity index is 1050. The van der Waals surface area contributed by atoms with Crippen LogP contribution in [-0.4, -0.2) is 29.0 Å². The maximum atomic E-state index is 13.7. The highest BCUT2D eigenvalue weighted by molar-refractivity contribution is 6.30. The average molecular weight is 397 g/mol. The summed E-state index contributed by atoms with van der Waals surface area (Å²) in [7, 11) is 0. The van der Waals surface area contributed by atoms with Crippen LogP contribution in [0.5, 0.6) is 0 Å². The normalized spacial score (nSPS) is 22.9. The number of nitrogens with zero attached hydrogens (tertiary/aromatic N) is 3. The van der Waals surface area contributed by atoms with Gasteiger partial charge >= 0.3 is 0 Å². The van der Waals surface area contributed by atoms with E-state index in [1.807, 2.05) is 24.3 Å². The highest BCUT2D eigenvalue weighted by Gasteiger charge is 2.59. The number of hydrogen-bond acceptors (Lipinski definition) is 4. The molecular formula is C21H18ClFN4O. The van der Waals surface area contributed by atoms with E-state index < -0.39 is 0 Å². The summed E-state index contributed by atoms with van der Waals surface area (Å²) in [6, 6.07) is 12.0. The van der Waals surface area contributed by atoms with Crippen molar-refractivity contribution in [3.05, 3.63) is 65.2 Å². The Balaban J connectivity index is 1.23. The van der Waals surface area contributed by atoms with Gasteiger partial charge in [0.15, 0.2) is 0 Å². The summed E-state index contributed by atoms with van der Waals surface area (Å²) < 4.78 is 13.7. The van der Waals surface area contributed by atoms with Gasteiger partial charge < -0.3 is 10.2 Å². The molecule has 1 aliphatic heterocycles. The van der Waals surface area contributed by atoms with Crippen molar-refractivity contribution in [3.63, 3.8) is 0 Å². The van der Waals surface area contributed by atoms with Crippen LogP contribution in [0.3, 0.4) is 0 Å². The predicted octanol–water partition coefficient (Wildman–Crippen LogP) is 3.42. The van der Waals surface area contributed by atoms with Crippen molar-refractivity contribution in [2.45, 2.75) is 6.54 Å². The molecule has 1 aliphatic carbocycles. The third kappa shape index (κ3) is 3.07. The molecule has 1 amide bonds. The molecule has 7 heteroatoms. The van der Waals surface area contributed by atoms with E-state index in [0.29, 0.717) is 28.8 Å². The van der Waals surface area contributed by atoms with E-state index in [9.17, 15) is 9.18 Å². The Kier molecular flexibility index (Phi) is 4.16. The molecule has 2 aliphatic rings. The van der Waals surface area contributed by atoms with Gasteiger partial charge in [-0.3, -0.25) is 4.79 Å². The van der Waals surface area contributed by atoms with Crippen LogP contribution >= 0.6 is 11.6 Å². The fourth-order valence-corrected chi connectivity index (χ4v) is 4.39. The number of anilines is 1. The van der Waals surface area contributed by atoms with Crippen molar-refractivity contribution in [2.75, 3.05) is 18.0 Å². The van der Waals surface area contributed by atoms with Crippen LogP contribution in [0.15, 0.2) is 48.8 Å². The Labute approximate surface area is 166 Å². The highest BCUT2D eigenvalue weighted by Crippen LogP contribution is 2.52. The Morgan fingerprint density at radius 2 is 1.89 bits per heavy atom. The molecule has 0 radical (unpaired) electrons. The van der Waals surface area contributed by atoms with Gasteiger partial charge in [0.2, 0.25) is 5.91 Å². The van der Waals surface area contributed by atoms with Gasteiger partial charge in [-0.05, 0) is 47.7 Å². The first-order chi connectivity index (χ1) is 13.6. The molecule has 28 heavy (non-hydrogen) atoms. The SMILES string of the molecule is O=C(NCc1ccc(Cl)cc1)C1[C@H]2CN(c3ncnc4ccc(F)cc34)C[C@@H]12. The number of hydrogen-bond donors (Lipinski definition) is 1. The fraction of sp³-hybridized carbons (Fsp3) is 0.286. The van der Waals surface area contributed by atoms with E-state index in [4.69, 9.17) is 11.6 Å². The zero-order valence-electron chi connectivity index (χ0n) is 15.0. The summed E-state index contributed by atoms with van der Waals surface area (Å²) in [4.78, 5) is 23.3. The molecule has 0 bridgehead atoms. The topological polar surface area (TPSA) is 58.1 Å². The van der Waals surface area contributed by atoms with Crippen LogP contribution in [0.25, 0.3) is 10.9 Å². The van der Waals surface area contributed by atoms with Gasteiger partial charge in [-0.25, -0.2) is 14.4 Å². The molecule has 5 nitrogen and oxygen atoms in total. The first-order valence-corrected chi connectivity index (χ1v) is 9.65. The van der Waals surface area contributed by atoms with Crippen LogP contribution in [0.4, 0.5) is 10.2 Å². The lowest BCUT2D eigenvalue weighted by Gasteiger charge is -2.22. The minimum absolute atomic E-state index is 0.0494. The number of piperidine rings is 1. The van der Waals surface area contributed by atoms with Crippen molar-refractivity contribution in [1.82, 2.24) is 15.3 Å². The number of nitrogens with one attached hydrogen (secondary N) is 1. The quantitative estimate of drug-likeness (QED) is 0.734. The smallest absolute Gasteiger partial charge is 0.224 e. The molecule has 1 N–H and O–H groups in total. The molecule has 2 heterocycles. The number of benzene rings is 2. The predicted molar refractivity (Wildman–Crippen MR) is 105 cm³/mol. The van der Waals surface area contributed by atoms with Crippen LogP contribution in [0, 0.1) is 23.6 Å². The summed E-state index contributed by atoms with van der Waals surface area (Å²) in [5.41, 5.74) is 1.75. The van der Waals surface area contributed by atoms with Crippen molar-refractivity contribution < 1.29 is 9.18 Å². The van der Waals surface area contributed by atoms with Gasteiger partial charge in [-0.2, -0.15) is 0 Å². The van der Waals surface area contributed by atoms with Gasteiger partial charge in [0, 0.05) is 36.0 Å². The Hall–Kier alpha value is -2.73. The molecule has 1 saturated carbocycles. The van der Waals surface area contributed by atoms with Gasteiger partial charge in [-0.15, -0.1) is 0 Å². The van der Waals surface area contributed by atoms with Crippen LogP contribution < -0.4 is 10.2 Å². The minimum Gasteiger partial charge on any atom is -0.355 e. The van der Waals surface area contributed by atoms with E-state index in [-0.39, 0.29) is 17.6 Å². The molecule has 3 aromatic rings. The Morgan fingerprint density at radius 3 is 2.64 bits per heavy atom. The van der Waals surface area contributed by atoms with E-state index in [0.717, 1.165) is 30.0 Å². The first kappa shape index (κ1) is 17.4. The second-order valence-electron chi connectivity index (χ2n) is 7.46. The number of halogens is 2. The van der Waals surface area contributed by atoms with E-state index in [1.165, 1.54) is 18.5 Å². The van der Waals surface area contributed by atoms with Crippen LogP contribution in [0.2, 0.25) is 5.02 Å². The Morgan fingerprint density at radius 1 is 1.14 bits per heavy atom. The first-order valence-electron chi connectivity index (χ1n) is 9.27. The number of rotatable bonds is 4. The number of amides is 1. The van der Waals surface area contributed by atoms with Crippen molar-refractivity contribution in [2.24, 2.45) is 17.8 Å². The second-order valence-corrected chi connectivity index (χ2v) is 7.90. The lowest BCUT2D eigenvalue weighted by molar-refractivity contribution is -0.123. The lowest BCUT2D eigenvalue weighted by atomic mass is 10.2. The number of carbonyl (C=O) groups excluding carboxylic acids is 1. The zero-order chi connectivity index (χ0) is 19.3. The molecule has 142 valence electrons. The third-order valence-corrected chi connectivity index (χ3v) is 6.00. The average Bonchev–Trinajstić information content (AvgIpc) is 3.20. The van der Waals surface area contributed by atoms with Crippen LogP contribution in [-0.2, 0) is 11.3 Å². The minimum atomic E-state index is -0.299. The monoisotopic (exact) mass is 396 g/mol. The molecule has 1 aromatic heterocycles. The highest BCUT2D eigenvalue weighted by atomic mass is 35.5. The molecular weight excluding hydrogens is 379 g/mol. The van der Waals surface area contributed by atoms with Gasteiger partial charge in [0.25, 0.3) is 0 Å². The van der Waals surface area contributed by atoms with Crippen molar-refractivity contribution >= 4 is 34.2 Å². The molecule has 3 atom stereocenters. The van der Waals surface area contributed by atoms with Gasteiger partial charge in [0.05, 0.1) is 5.52 Å². The van der Waals surface area contributed by atoms with E-state index >= 15 is 0 Å². The number of carbonyl (C=O) groups is 1. The number of aromatic nitrogens is 2. The molecule has 5 rings (SSSR count). The van der Waals surface area contributed by atoms with Gasteiger partial charge in [-0.1, -0.05) is 23.7 Å². The standard InChI is InChI=1S/C21H18ClFN4O/c22-13-3-1-12(2-4-13)8-24-21(28)19-16-9-27(10-17(16)19)20-15-7-14(23)5-6-18(15)25-11-26-20/h1-7,11,16-17,19H,8-10H2,(H,24,28)/t16-,17+,19?. The third-order valence-electron chi connectivity index (χ3n) is 5.75. The molecule has 1 unspecified atom stereocenters. The molecule has 2 fully saturated rings. The molecule has 2 aromatic carbocycles. The van der Waals surface area contributed by atoms with E-state index in [2.05, 4.69) is 20.2 Å². The zero-order valence-corrected chi connectivity index (χ0v) is 15.7. The lowest BCUT2D eigenvalue weighted by Crippen LogP contribution is -2.32. The molecule has 1 saturated heterocycles.